The van der Waals surface area contributed by atoms with Crippen molar-refractivity contribution in [3.63, 3.8) is 0 Å². The van der Waals surface area contributed by atoms with Gasteiger partial charge in [-0.2, -0.15) is 5.26 Å². The molecule has 0 unspecified atom stereocenters. The fourth-order valence-corrected chi connectivity index (χ4v) is 9.85. The zero-order valence-corrected chi connectivity index (χ0v) is 34.1. The summed E-state index contributed by atoms with van der Waals surface area (Å²) in [6, 6.07) is 79.2. The van der Waals surface area contributed by atoms with Gasteiger partial charge in [-0.15, -0.1) is 0 Å². The largest absolute Gasteiger partial charge is 0.208 e. The van der Waals surface area contributed by atoms with Gasteiger partial charge in [0, 0.05) is 16.7 Å². The molecule has 0 radical (unpaired) electrons. The summed E-state index contributed by atoms with van der Waals surface area (Å²) < 4.78 is 0. The number of aromatic nitrogens is 3. The first-order chi connectivity index (χ1) is 31.2. The topological polar surface area (TPSA) is 62.5 Å². The first-order valence-electron chi connectivity index (χ1n) is 21.2. The van der Waals surface area contributed by atoms with Gasteiger partial charge in [0.05, 0.1) is 17.0 Å². The Hall–Kier alpha value is -8.52. The molecule has 292 valence electrons. The van der Waals surface area contributed by atoms with Crippen molar-refractivity contribution >= 4 is 0 Å². The molecule has 0 amide bonds. The highest BCUT2D eigenvalue weighted by molar-refractivity contribution is 5.96. The number of fused-ring (bicyclic) bond motifs is 10. The normalized spacial score (nSPS) is 12.6. The molecule has 1 heterocycles. The summed E-state index contributed by atoms with van der Waals surface area (Å²) >= 11 is 0. The number of benzene rings is 9. The van der Waals surface area contributed by atoms with Gasteiger partial charge in [0.15, 0.2) is 17.5 Å². The van der Waals surface area contributed by atoms with Crippen LogP contribution in [0.25, 0.3) is 89.8 Å². The minimum absolute atomic E-state index is 0.502. The van der Waals surface area contributed by atoms with Crippen LogP contribution in [0.3, 0.4) is 0 Å². The van der Waals surface area contributed by atoms with Crippen molar-refractivity contribution in [2.75, 3.05) is 0 Å². The second kappa shape index (κ2) is 14.6. The SMILES string of the molecule is N#Cc1ccc2c(c1)-c1ccc(-c3ccc(-c4nc(-c5ccc(-c6ccccc6)cc5)nc(-c5ccc(-c6ccccc6)cc5)n4)cc3)cc1C21c2ccccc2-c2ccccc21. The third-order valence-corrected chi connectivity index (χ3v) is 12.8. The average Bonchev–Trinajstić information content (AvgIpc) is 3.83. The van der Waals surface area contributed by atoms with Crippen LogP contribution in [0.1, 0.15) is 27.8 Å². The minimum atomic E-state index is -0.502. The van der Waals surface area contributed by atoms with Crippen LogP contribution in [-0.2, 0) is 5.41 Å². The zero-order valence-electron chi connectivity index (χ0n) is 34.1. The van der Waals surface area contributed by atoms with Gasteiger partial charge in [-0.25, -0.2) is 15.0 Å². The van der Waals surface area contributed by atoms with E-state index in [4.69, 9.17) is 15.0 Å². The third kappa shape index (κ3) is 5.86. The van der Waals surface area contributed by atoms with Crippen LogP contribution in [0, 0.1) is 11.3 Å². The number of nitriles is 1. The smallest absolute Gasteiger partial charge is 0.164 e. The monoisotopic (exact) mass is 800 g/mol. The molecule has 0 aliphatic heterocycles. The summed E-state index contributed by atoms with van der Waals surface area (Å²) in [6.07, 6.45) is 0. The van der Waals surface area contributed by atoms with Gasteiger partial charge in [-0.3, -0.25) is 0 Å². The van der Waals surface area contributed by atoms with Crippen LogP contribution >= 0.6 is 0 Å². The predicted molar refractivity (Wildman–Crippen MR) is 253 cm³/mol. The Bertz CT molecular complexity index is 3280. The molecule has 4 nitrogen and oxygen atoms in total. The fraction of sp³-hybridized carbons (Fsp3) is 0.0169. The van der Waals surface area contributed by atoms with E-state index in [-0.39, 0.29) is 0 Å². The second-order valence-electron chi connectivity index (χ2n) is 16.2. The number of hydrogen-bond acceptors (Lipinski definition) is 4. The molecular formula is C59H36N4. The third-order valence-electron chi connectivity index (χ3n) is 12.8. The molecule has 2 aliphatic carbocycles. The van der Waals surface area contributed by atoms with Gasteiger partial charge < -0.3 is 0 Å². The van der Waals surface area contributed by atoms with E-state index >= 15 is 0 Å². The van der Waals surface area contributed by atoms with Gasteiger partial charge in [0.2, 0.25) is 0 Å². The van der Waals surface area contributed by atoms with E-state index in [1.807, 2.05) is 18.2 Å². The first-order valence-corrected chi connectivity index (χ1v) is 21.2. The van der Waals surface area contributed by atoms with Gasteiger partial charge in [0.25, 0.3) is 0 Å². The Morgan fingerprint density at radius 2 is 0.651 bits per heavy atom. The van der Waals surface area contributed by atoms with Crippen molar-refractivity contribution in [1.82, 2.24) is 15.0 Å². The Morgan fingerprint density at radius 1 is 0.286 bits per heavy atom. The summed E-state index contributed by atoms with van der Waals surface area (Å²) in [5.41, 5.74) is 19.5. The lowest BCUT2D eigenvalue weighted by atomic mass is 9.70. The summed E-state index contributed by atoms with van der Waals surface area (Å²) in [5, 5.41) is 9.97. The molecule has 0 bridgehead atoms. The Balaban J connectivity index is 0.954. The van der Waals surface area contributed by atoms with Crippen LogP contribution in [0.15, 0.2) is 218 Å². The molecule has 0 saturated carbocycles. The Morgan fingerprint density at radius 3 is 1.13 bits per heavy atom. The Labute approximate surface area is 366 Å². The molecule has 0 saturated heterocycles. The van der Waals surface area contributed by atoms with Gasteiger partial charge in [-0.1, -0.05) is 200 Å². The molecule has 0 atom stereocenters. The van der Waals surface area contributed by atoms with E-state index < -0.39 is 5.41 Å². The van der Waals surface area contributed by atoms with Crippen LogP contribution in [0.5, 0.6) is 0 Å². The standard InChI is InChI=1S/C59H36N4/c60-37-38-19-34-54-51(35-38)50-33-32-47(36-55(50)59(54)52-17-9-7-15-48(52)49-16-8-10-18-53(49)59)43-24-30-46(31-25-43)58-62-56(44-26-20-41(21-27-44)39-11-3-1-4-12-39)61-57(63-58)45-28-22-42(23-29-45)40-13-5-2-6-14-40/h1-36H. The highest BCUT2D eigenvalue weighted by Gasteiger charge is 2.51. The lowest BCUT2D eigenvalue weighted by Crippen LogP contribution is -2.25. The summed E-state index contributed by atoms with van der Waals surface area (Å²) in [4.78, 5) is 15.3. The summed E-state index contributed by atoms with van der Waals surface area (Å²) in [7, 11) is 0. The molecule has 0 fully saturated rings. The first kappa shape index (κ1) is 36.3. The van der Waals surface area contributed by atoms with Gasteiger partial charge in [-0.05, 0) is 96.1 Å². The van der Waals surface area contributed by atoms with Crippen molar-refractivity contribution < 1.29 is 0 Å². The zero-order chi connectivity index (χ0) is 41.9. The minimum Gasteiger partial charge on any atom is -0.208 e. The van der Waals surface area contributed by atoms with Gasteiger partial charge >= 0.3 is 0 Å². The Kier molecular flexibility index (Phi) is 8.42. The van der Waals surface area contributed by atoms with Gasteiger partial charge in [0.1, 0.15) is 0 Å². The van der Waals surface area contributed by atoms with Crippen LogP contribution in [0.4, 0.5) is 0 Å². The van der Waals surface area contributed by atoms with E-state index in [0.717, 1.165) is 61.2 Å². The molecular weight excluding hydrogens is 765 g/mol. The number of rotatable bonds is 6. The molecule has 1 spiro atoms. The van der Waals surface area contributed by atoms with Crippen molar-refractivity contribution in [2.24, 2.45) is 0 Å². The molecule has 9 aromatic carbocycles. The maximum Gasteiger partial charge on any atom is 0.164 e. The number of nitrogens with zero attached hydrogens (tertiary/aromatic N) is 4. The molecule has 2 aliphatic rings. The van der Waals surface area contributed by atoms with E-state index in [9.17, 15) is 5.26 Å². The molecule has 12 rings (SSSR count). The van der Waals surface area contributed by atoms with Crippen molar-refractivity contribution in [3.8, 4) is 95.9 Å². The maximum atomic E-state index is 9.97. The lowest BCUT2D eigenvalue weighted by Gasteiger charge is -2.30. The molecule has 63 heavy (non-hydrogen) atoms. The quantitative estimate of drug-likeness (QED) is 0.168. The van der Waals surface area contributed by atoms with Crippen molar-refractivity contribution in [1.29, 1.82) is 5.26 Å². The maximum absolute atomic E-state index is 9.97. The molecule has 4 heteroatoms. The van der Waals surface area contributed by atoms with E-state index in [1.165, 1.54) is 33.4 Å². The second-order valence-corrected chi connectivity index (χ2v) is 16.2. The molecule has 1 aromatic heterocycles. The van der Waals surface area contributed by atoms with Crippen LogP contribution < -0.4 is 0 Å². The highest BCUT2D eigenvalue weighted by Crippen LogP contribution is 2.63. The van der Waals surface area contributed by atoms with E-state index in [1.54, 1.807) is 0 Å². The summed E-state index contributed by atoms with van der Waals surface area (Å²) in [5.74, 6) is 1.84. The molecule has 10 aromatic rings. The van der Waals surface area contributed by atoms with Crippen LogP contribution in [-0.4, -0.2) is 15.0 Å². The predicted octanol–water partition coefficient (Wildman–Crippen LogP) is 14.1. The average molecular weight is 801 g/mol. The number of hydrogen-bond donors (Lipinski definition) is 0. The van der Waals surface area contributed by atoms with Crippen molar-refractivity contribution in [3.05, 3.63) is 246 Å². The highest BCUT2D eigenvalue weighted by atomic mass is 15.0. The van der Waals surface area contributed by atoms with Crippen molar-refractivity contribution in [2.45, 2.75) is 5.41 Å². The van der Waals surface area contributed by atoms with Crippen LogP contribution in [0.2, 0.25) is 0 Å². The lowest BCUT2D eigenvalue weighted by molar-refractivity contribution is 0.794. The summed E-state index contributed by atoms with van der Waals surface area (Å²) in [6.45, 7) is 0. The molecule has 0 N–H and O–H groups in total. The van der Waals surface area contributed by atoms with E-state index in [0.29, 0.717) is 23.0 Å². The van der Waals surface area contributed by atoms with E-state index in [2.05, 4.69) is 206 Å². The fourth-order valence-electron chi connectivity index (χ4n) is 9.85.